The number of hydrogen-bond donors (Lipinski definition) is 7. The molecule has 0 saturated carbocycles. The normalized spacial score (nSPS) is 17.5. The number of carboxylic acid groups (broad SMARTS) is 3. The van der Waals surface area contributed by atoms with Gasteiger partial charge in [-0.25, -0.2) is 9.59 Å². The van der Waals surface area contributed by atoms with E-state index in [4.69, 9.17) is 11.5 Å². The highest BCUT2D eigenvalue weighted by atomic mass is 16.4. The van der Waals surface area contributed by atoms with Crippen LogP contribution in [0.4, 0.5) is 11.4 Å². The lowest BCUT2D eigenvalue weighted by atomic mass is 9.99. The standard InChI is InChI=1S/C32H35N5O9/c1-3-14-37(26-11-6-19-15-25-22(16-21(19)26)30(42)34-17(2)33-25)20-7-4-18(5-8-20)29(41)36-24(32(45)46)9-12-27(38)35-23(31(43)44)10-13-28(39)40/h1,4-5,7-8,15-17,23-24,26,33H,6,9-14H2,2H3,(H,34,42)(H,35,38)(H,36,41)(H,39,40)(H,43,44)(H,45,46)/t17?,23-,24+,26?/m1/s1. The third kappa shape index (κ3) is 7.92. The molecule has 14 nitrogen and oxygen atoms in total. The molecule has 46 heavy (non-hydrogen) atoms. The SMILES string of the molecule is C#CCN(c1ccc(C(=O)N[C@@H](CCC(=O)N[C@H](CCC(=O)O)C(=O)O)C(=O)O)cc1)C1CCc2cc3c(cc21)C(=O)NC(C)N3. The number of nitrogens with zero attached hydrogens (tertiary/aromatic N) is 1. The fraction of sp³-hybridized carbons (Fsp3) is 0.375. The van der Waals surface area contributed by atoms with Crippen LogP contribution in [-0.4, -0.2) is 75.7 Å². The maximum Gasteiger partial charge on any atom is 0.326 e. The van der Waals surface area contributed by atoms with Crippen molar-refractivity contribution in [3.05, 3.63) is 58.7 Å². The molecule has 0 bridgehead atoms. The molecule has 0 aromatic heterocycles. The van der Waals surface area contributed by atoms with Gasteiger partial charge < -0.3 is 41.5 Å². The maximum absolute atomic E-state index is 12.9. The van der Waals surface area contributed by atoms with Crippen molar-refractivity contribution in [1.29, 1.82) is 0 Å². The van der Waals surface area contributed by atoms with Gasteiger partial charge in [-0.1, -0.05) is 5.92 Å². The summed E-state index contributed by atoms with van der Waals surface area (Å²) in [5, 5.41) is 38.3. The van der Waals surface area contributed by atoms with Gasteiger partial charge in [0.05, 0.1) is 24.3 Å². The van der Waals surface area contributed by atoms with Gasteiger partial charge in [-0.3, -0.25) is 19.2 Å². The van der Waals surface area contributed by atoms with Crippen molar-refractivity contribution >= 4 is 47.0 Å². The van der Waals surface area contributed by atoms with Crippen molar-refractivity contribution in [2.75, 3.05) is 16.8 Å². The van der Waals surface area contributed by atoms with E-state index in [1.807, 2.05) is 24.0 Å². The van der Waals surface area contributed by atoms with Crippen LogP contribution in [0.15, 0.2) is 36.4 Å². The van der Waals surface area contributed by atoms with E-state index in [0.717, 1.165) is 35.3 Å². The molecule has 14 heteroatoms. The number of terminal acetylenes is 1. The number of anilines is 2. The smallest absolute Gasteiger partial charge is 0.326 e. The van der Waals surface area contributed by atoms with Crippen LogP contribution < -0.4 is 26.2 Å². The van der Waals surface area contributed by atoms with Gasteiger partial charge in [-0.15, -0.1) is 6.42 Å². The Morgan fingerprint density at radius 3 is 2.26 bits per heavy atom. The fourth-order valence-electron chi connectivity index (χ4n) is 5.66. The molecule has 2 aromatic carbocycles. The average molecular weight is 634 g/mol. The lowest BCUT2D eigenvalue weighted by Crippen LogP contribution is -2.44. The minimum Gasteiger partial charge on any atom is -0.481 e. The molecule has 0 spiro atoms. The lowest BCUT2D eigenvalue weighted by Gasteiger charge is -2.31. The summed E-state index contributed by atoms with van der Waals surface area (Å²) in [5.74, 6) is -3.01. The molecule has 242 valence electrons. The second-order valence-electron chi connectivity index (χ2n) is 11.2. The van der Waals surface area contributed by atoms with Crippen LogP contribution in [0.1, 0.15) is 76.9 Å². The minimum absolute atomic E-state index is 0.115. The van der Waals surface area contributed by atoms with Gasteiger partial charge in [-0.05, 0) is 80.1 Å². The monoisotopic (exact) mass is 633 g/mol. The molecular formula is C32H35N5O9. The van der Waals surface area contributed by atoms with Gasteiger partial charge in [0.15, 0.2) is 0 Å². The van der Waals surface area contributed by atoms with Crippen molar-refractivity contribution < 1.29 is 44.1 Å². The van der Waals surface area contributed by atoms with E-state index in [1.54, 1.807) is 12.1 Å². The van der Waals surface area contributed by atoms with Crippen LogP contribution in [0.25, 0.3) is 0 Å². The first-order chi connectivity index (χ1) is 21.9. The van der Waals surface area contributed by atoms with Crippen LogP contribution in [0, 0.1) is 12.3 Å². The van der Waals surface area contributed by atoms with Crippen LogP contribution in [0.2, 0.25) is 0 Å². The Kier molecular flexibility index (Phi) is 10.5. The van der Waals surface area contributed by atoms with Gasteiger partial charge >= 0.3 is 17.9 Å². The first-order valence-electron chi connectivity index (χ1n) is 14.7. The molecule has 1 aliphatic carbocycles. The first-order valence-corrected chi connectivity index (χ1v) is 14.7. The zero-order valence-corrected chi connectivity index (χ0v) is 25.0. The Hall–Kier alpha value is -5.58. The summed E-state index contributed by atoms with van der Waals surface area (Å²) in [4.78, 5) is 73.7. The second kappa shape index (κ2) is 14.5. The Morgan fingerprint density at radius 1 is 0.978 bits per heavy atom. The number of carbonyl (C=O) groups is 6. The molecule has 4 atom stereocenters. The zero-order valence-electron chi connectivity index (χ0n) is 25.0. The minimum atomic E-state index is -1.45. The molecule has 2 aromatic rings. The van der Waals surface area contributed by atoms with Crippen molar-refractivity contribution in [2.45, 2.75) is 69.7 Å². The molecular weight excluding hydrogens is 598 g/mol. The number of amides is 3. The van der Waals surface area contributed by atoms with Crippen molar-refractivity contribution in [3.8, 4) is 12.3 Å². The van der Waals surface area contributed by atoms with Gasteiger partial charge in [-0.2, -0.15) is 0 Å². The number of fused-ring (bicyclic) bond motifs is 2. The van der Waals surface area contributed by atoms with Crippen LogP contribution in [0.5, 0.6) is 0 Å². The van der Waals surface area contributed by atoms with Gasteiger partial charge in [0.2, 0.25) is 5.91 Å². The molecule has 1 heterocycles. The summed E-state index contributed by atoms with van der Waals surface area (Å²) in [6.45, 7) is 2.12. The Balaban J connectivity index is 1.41. The van der Waals surface area contributed by atoms with Crippen molar-refractivity contribution in [2.24, 2.45) is 0 Å². The van der Waals surface area contributed by atoms with Gasteiger partial charge in [0.25, 0.3) is 11.8 Å². The summed E-state index contributed by atoms with van der Waals surface area (Å²) in [7, 11) is 0. The van der Waals surface area contributed by atoms with E-state index < -0.39 is 54.6 Å². The predicted molar refractivity (Wildman–Crippen MR) is 165 cm³/mol. The summed E-state index contributed by atoms with van der Waals surface area (Å²) in [6.07, 6.45) is 5.53. The number of hydrogen-bond acceptors (Lipinski definition) is 8. The summed E-state index contributed by atoms with van der Waals surface area (Å²) in [5.41, 5.74) is 4.34. The van der Waals surface area contributed by atoms with Crippen LogP contribution in [-0.2, 0) is 25.6 Å². The highest BCUT2D eigenvalue weighted by molar-refractivity contribution is 6.02. The number of aryl methyl sites for hydroxylation is 1. The van der Waals surface area contributed by atoms with E-state index in [1.165, 1.54) is 12.1 Å². The fourth-order valence-corrected chi connectivity index (χ4v) is 5.66. The molecule has 2 unspecified atom stereocenters. The second-order valence-corrected chi connectivity index (χ2v) is 11.2. The number of rotatable bonds is 14. The largest absolute Gasteiger partial charge is 0.481 e. The molecule has 0 fully saturated rings. The third-order valence-electron chi connectivity index (χ3n) is 7.93. The molecule has 0 saturated heterocycles. The third-order valence-corrected chi connectivity index (χ3v) is 7.93. The van der Waals surface area contributed by atoms with E-state index >= 15 is 0 Å². The highest BCUT2D eigenvalue weighted by Gasteiger charge is 2.32. The Bertz CT molecular complexity index is 1580. The average Bonchev–Trinajstić information content (AvgIpc) is 3.41. The van der Waals surface area contributed by atoms with Crippen molar-refractivity contribution in [1.82, 2.24) is 16.0 Å². The van der Waals surface area contributed by atoms with E-state index in [9.17, 15) is 39.0 Å². The van der Waals surface area contributed by atoms with Gasteiger partial charge in [0.1, 0.15) is 12.1 Å². The van der Waals surface area contributed by atoms with Crippen LogP contribution in [0.3, 0.4) is 0 Å². The quantitative estimate of drug-likeness (QED) is 0.149. The highest BCUT2D eigenvalue weighted by Crippen LogP contribution is 2.41. The van der Waals surface area contributed by atoms with E-state index in [2.05, 4.69) is 27.2 Å². The molecule has 3 amide bonds. The van der Waals surface area contributed by atoms with E-state index in [0.29, 0.717) is 5.56 Å². The summed E-state index contributed by atoms with van der Waals surface area (Å²) in [6, 6.07) is 7.35. The lowest BCUT2D eigenvalue weighted by molar-refractivity contribution is -0.143. The van der Waals surface area contributed by atoms with E-state index in [-0.39, 0.29) is 43.1 Å². The molecule has 1 aliphatic heterocycles. The maximum atomic E-state index is 12.9. The molecule has 7 N–H and O–H groups in total. The Morgan fingerprint density at radius 2 is 1.63 bits per heavy atom. The predicted octanol–water partition coefficient (Wildman–Crippen LogP) is 1.71. The zero-order chi connectivity index (χ0) is 33.5. The Labute approximate surface area is 264 Å². The molecule has 2 aliphatic rings. The van der Waals surface area contributed by atoms with Crippen molar-refractivity contribution in [3.63, 3.8) is 0 Å². The number of benzene rings is 2. The number of carbonyl (C=O) groups excluding carboxylic acids is 3. The molecule has 4 rings (SSSR count). The topological polar surface area (TPSA) is 214 Å². The molecule has 0 radical (unpaired) electrons. The number of carboxylic acids is 3. The summed E-state index contributed by atoms with van der Waals surface area (Å²) < 4.78 is 0. The van der Waals surface area contributed by atoms with Crippen LogP contribution >= 0.6 is 0 Å². The van der Waals surface area contributed by atoms with Gasteiger partial charge in [0, 0.05) is 29.8 Å². The first kappa shape index (κ1) is 33.3. The number of aliphatic carboxylic acids is 3. The number of nitrogens with one attached hydrogen (secondary N) is 4. The summed E-state index contributed by atoms with van der Waals surface area (Å²) >= 11 is 0.